The number of benzene rings is 2. The van der Waals surface area contributed by atoms with Gasteiger partial charge >= 0.3 is 6.09 Å². The molecule has 3 aromatic heterocycles. The summed E-state index contributed by atoms with van der Waals surface area (Å²) in [5, 5.41) is 9.25. The van der Waals surface area contributed by atoms with Gasteiger partial charge in [-0.05, 0) is 31.2 Å². The molecule has 3 heterocycles. The van der Waals surface area contributed by atoms with Gasteiger partial charge < -0.3 is 4.74 Å². The van der Waals surface area contributed by atoms with E-state index in [0.29, 0.717) is 46.1 Å². The first-order valence-electron chi connectivity index (χ1n) is 16.4. The topological polar surface area (TPSA) is 176 Å². The Morgan fingerprint density at radius 3 is 1.53 bits per heavy atom. The van der Waals surface area contributed by atoms with Crippen LogP contribution in [0.3, 0.4) is 0 Å². The molecule has 15 heteroatoms. The minimum absolute atomic E-state index is 0.00710. The number of ketones is 4. The van der Waals surface area contributed by atoms with Gasteiger partial charge in [0.2, 0.25) is 10.3 Å². The molecule has 0 radical (unpaired) electrons. The summed E-state index contributed by atoms with van der Waals surface area (Å²) in [5.41, 5.74) is 1.82. The lowest BCUT2D eigenvalue weighted by Gasteiger charge is -2.20. The highest BCUT2D eigenvalue weighted by atomic mass is 32.1. The number of hydrogen-bond donors (Lipinski definition) is 0. The van der Waals surface area contributed by atoms with Crippen LogP contribution >= 0.6 is 22.7 Å². The number of hydrogen-bond acceptors (Lipinski definition) is 14. The zero-order chi connectivity index (χ0) is 33.4. The van der Waals surface area contributed by atoms with Crippen LogP contribution in [-0.2, 0) is 30.5 Å². The first-order valence-corrected chi connectivity index (χ1v) is 18.0. The van der Waals surface area contributed by atoms with Crippen LogP contribution in [0.1, 0.15) is 56.9 Å². The van der Waals surface area contributed by atoms with Crippen LogP contribution < -0.4 is 0 Å². The van der Waals surface area contributed by atoms with Crippen LogP contribution in [0, 0.1) is 23.7 Å². The molecule has 2 aromatic carbocycles. The zero-order valence-corrected chi connectivity index (χ0v) is 27.6. The van der Waals surface area contributed by atoms with Gasteiger partial charge in [0, 0.05) is 23.7 Å². The highest BCUT2D eigenvalue weighted by Crippen LogP contribution is 2.45. The number of Topliss-reactive ketones (excluding diaryl/α,β-unsaturated/α-hetero) is 4. The fourth-order valence-electron chi connectivity index (χ4n) is 7.70. The predicted molar refractivity (Wildman–Crippen MR) is 181 cm³/mol. The van der Waals surface area contributed by atoms with Crippen molar-refractivity contribution < 1.29 is 28.7 Å². The second-order valence-corrected chi connectivity index (χ2v) is 14.9. The number of aliphatic imine (C=N–C) groups is 2. The van der Waals surface area contributed by atoms with Crippen LogP contribution in [0.25, 0.3) is 31.5 Å². The van der Waals surface area contributed by atoms with Crippen LogP contribution in [0.2, 0.25) is 0 Å². The van der Waals surface area contributed by atoms with Crippen molar-refractivity contribution in [2.75, 3.05) is 0 Å². The van der Waals surface area contributed by atoms with Crippen molar-refractivity contribution in [2.24, 2.45) is 33.7 Å². The smallest absolute Gasteiger partial charge is 0.442 e. The molecular formula is C34H27N7O6S2. The molecule has 49 heavy (non-hydrogen) atoms. The average Bonchev–Trinajstić information content (AvgIpc) is 3.94. The molecule has 4 unspecified atom stereocenters. The second-order valence-electron chi connectivity index (χ2n) is 12.9. The molecule has 5 aromatic rings. The van der Waals surface area contributed by atoms with Gasteiger partial charge in [0.1, 0.15) is 28.7 Å². The quantitative estimate of drug-likeness (QED) is 0.220. The Balaban J connectivity index is 1.16. The molecule has 0 bridgehead atoms. The number of carbonyl (C=O) groups is 5. The lowest BCUT2D eigenvalue weighted by Crippen LogP contribution is -2.21. The molecule has 0 N–H and O–H groups in total. The Bertz CT molecular complexity index is 2150. The molecule has 4 fully saturated rings. The molecule has 13 nitrogen and oxygen atoms in total. The number of nitrogens with zero attached hydrogens (tertiary/aromatic N) is 7. The summed E-state index contributed by atoms with van der Waals surface area (Å²) >= 11 is 2.31. The van der Waals surface area contributed by atoms with E-state index in [4.69, 9.17) is 4.74 Å². The van der Waals surface area contributed by atoms with Crippen molar-refractivity contribution in [3.8, 4) is 0 Å². The van der Waals surface area contributed by atoms with E-state index < -0.39 is 6.09 Å². The number of ether oxygens (including phenoxy) is 1. The zero-order valence-electron chi connectivity index (χ0n) is 26.0. The van der Waals surface area contributed by atoms with Gasteiger partial charge in [0.15, 0.2) is 34.6 Å². The third-order valence-corrected chi connectivity index (χ3v) is 12.2. The Labute approximate surface area is 285 Å². The van der Waals surface area contributed by atoms with Gasteiger partial charge in [0.25, 0.3) is 0 Å². The number of thiazole rings is 2. The van der Waals surface area contributed by atoms with Gasteiger partial charge in [0.05, 0.1) is 9.40 Å². The van der Waals surface area contributed by atoms with E-state index in [9.17, 15) is 24.0 Å². The fourth-order valence-corrected chi connectivity index (χ4v) is 9.72. The lowest BCUT2D eigenvalue weighted by molar-refractivity contribution is -0.120. The van der Waals surface area contributed by atoms with E-state index in [1.54, 1.807) is 0 Å². The number of rotatable bonds is 4. The number of aromatic nitrogens is 5. The van der Waals surface area contributed by atoms with Crippen LogP contribution in [-0.4, -0.2) is 65.6 Å². The fraction of sp³-hybridized carbons (Fsp3) is 0.382. The van der Waals surface area contributed by atoms with E-state index in [0.717, 1.165) is 58.7 Å². The summed E-state index contributed by atoms with van der Waals surface area (Å²) in [4.78, 5) is 85.2. The Kier molecular flexibility index (Phi) is 7.16. The molecule has 246 valence electrons. The van der Waals surface area contributed by atoms with Gasteiger partial charge in [-0.1, -0.05) is 83.5 Å². The summed E-state index contributed by atoms with van der Waals surface area (Å²) in [5.74, 6) is -2.27. The standard InChI is InChI=1S/C34H27N7O6S2/c42-26-16-10-4-5-11-17(16)27(43)24(26)37-32-35-22-20-21(40-41(39-20)34(46)47-14-15-8-2-1-3-9-15)23-31(30(22)48-32)49-33(36-23)38-25-28(44)18-12-6-7-13-19(18)29(25)45/h1-3,8-9,16-19H,4-7,10-14H2. The van der Waals surface area contributed by atoms with Crippen LogP contribution in [0.15, 0.2) is 40.3 Å². The maximum absolute atomic E-state index is 13.2. The molecule has 4 atom stereocenters. The average molecular weight is 694 g/mol. The molecule has 0 aliphatic heterocycles. The lowest BCUT2D eigenvalue weighted by atomic mass is 9.81. The first-order chi connectivity index (χ1) is 23.9. The van der Waals surface area contributed by atoms with Crippen molar-refractivity contribution in [2.45, 2.75) is 58.0 Å². The van der Waals surface area contributed by atoms with Crippen molar-refractivity contribution in [3.05, 3.63) is 35.9 Å². The predicted octanol–water partition coefficient (Wildman–Crippen LogP) is 5.90. The van der Waals surface area contributed by atoms with Gasteiger partial charge in [-0.2, -0.15) is 0 Å². The Hall–Kier alpha value is -4.89. The van der Waals surface area contributed by atoms with E-state index in [-0.39, 0.29) is 86.1 Å². The van der Waals surface area contributed by atoms with Gasteiger partial charge in [-0.15, -0.1) is 10.2 Å². The van der Waals surface area contributed by atoms with Crippen molar-refractivity contribution in [1.82, 2.24) is 25.0 Å². The summed E-state index contributed by atoms with van der Waals surface area (Å²) in [6, 6.07) is 9.19. The van der Waals surface area contributed by atoms with E-state index in [1.165, 1.54) is 0 Å². The van der Waals surface area contributed by atoms with Crippen molar-refractivity contribution in [1.29, 1.82) is 0 Å². The van der Waals surface area contributed by atoms with E-state index in [1.807, 2.05) is 30.3 Å². The molecule has 4 aliphatic carbocycles. The third kappa shape index (κ3) is 4.89. The molecule has 0 amide bonds. The number of carbonyl (C=O) groups excluding carboxylic acids is 5. The SMILES string of the molecule is O=C1C(=Nc2nc3c4nn(C(=O)OCc5ccccc5)nc4c4nc(N=C5C(=O)C6CCCCC6C5=O)sc4c3s2)C(=O)C2CCCCC12. The van der Waals surface area contributed by atoms with E-state index in [2.05, 4.69) is 30.2 Å². The Morgan fingerprint density at radius 1 is 0.673 bits per heavy atom. The van der Waals surface area contributed by atoms with E-state index >= 15 is 0 Å². The van der Waals surface area contributed by atoms with Crippen LogP contribution in [0.5, 0.6) is 0 Å². The monoisotopic (exact) mass is 693 g/mol. The first kappa shape index (κ1) is 30.2. The molecule has 9 rings (SSSR count). The summed E-state index contributed by atoms with van der Waals surface area (Å²) in [7, 11) is 0. The summed E-state index contributed by atoms with van der Waals surface area (Å²) in [6.45, 7) is 0.00710. The maximum atomic E-state index is 13.2. The molecule has 4 aliphatic rings. The Morgan fingerprint density at radius 2 is 1.10 bits per heavy atom. The molecular weight excluding hydrogens is 667 g/mol. The minimum Gasteiger partial charge on any atom is -0.442 e. The summed E-state index contributed by atoms with van der Waals surface area (Å²) < 4.78 is 6.64. The summed E-state index contributed by atoms with van der Waals surface area (Å²) in [6.07, 6.45) is 5.52. The van der Waals surface area contributed by atoms with Gasteiger partial charge in [-0.3, -0.25) is 19.2 Å². The highest BCUT2D eigenvalue weighted by Gasteiger charge is 2.48. The molecule has 0 saturated heterocycles. The molecule has 4 saturated carbocycles. The second kappa shape index (κ2) is 11.6. The van der Waals surface area contributed by atoms with Crippen molar-refractivity contribution >= 4 is 105 Å². The third-order valence-electron chi connectivity index (χ3n) is 10.1. The molecule has 0 spiro atoms. The number of fused-ring (bicyclic) bond motifs is 8. The normalized spacial score (nSPS) is 23.9. The maximum Gasteiger partial charge on any atom is 0.452 e. The van der Waals surface area contributed by atoms with Crippen LogP contribution in [0.4, 0.5) is 15.1 Å². The van der Waals surface area contributed by atoms with Crippen molar-refractivity contribution in [3.63, 3.8) is 0 Å². The highest BCUT2D eigenvalue weighted by molar-refractivity contribution is 7.30. The van der Waals surface area contributed by atoms with Gasteiger partial charge in [-0.25, -0.2) is 24.7 Å². The largest absolute Gasteiger partial charge is 0.452 e. The minimum atomic E-state index is -0.817.